The van der Waals surface area contributed by atoms with E-state index in [0.29, 0.717) is 24.3 Å². The van der Waals surface area contributed by atoms with Crippen LogP contribution in [0.4, 0.5) is 0 Å². The van der Waals surface area contributed by atoms with Crippen LogP contribution in [0.1, 0.15) is 48.0 Å². The van der Waals surface area contributed by atoms with Gasteiger partial charge in [-0.05, 0) is 41.0 Å². The standard InChI is InChI=1S/C12H26N2/c1-7-12-13(9(2)3)8-11(6)14(12)10(4)5/h9-12H,7-8H2,1-6H3/t11-,12?/m0/s1. The smallest absolute Gasteiger partial charge is 0.0627 e. The molecule has 0 radical (unpaired) electrons. The zero-order valence-corrected chi connectivity index (χ0v) is 10.6. The maximum Gasteiger partial charge on any atom is 0.0627 e. The van der Waals surface area contributed by atoms with Gasteiger partial charge in [0.15, 0.2) is 0 Å². The maximum absolute atomic E-state index is 2.65. The average molecular weight is 198 g/mol. The minimum atomic E-state index is 0.657. The molecule has 0 spiro atoms. The Hall–Kier alpha value is -0.0800. The Morgan fingerprint density at radius 3 is 2.07 bits per heavy atom. The first kappa shape index (κ1) is 12.0. The predicted octanol–water partition coefficient (Wildman–Crippen LogP) is 2.55. The summed E-state index contributed by atoms with van der Waals surface area (Å²) in [6.07, 6.45) is 1.89. The first-order valence-corrected chi connectivity index (χ1v) is 6.02. The van der Waals surface area contributed by atoms with Gasteiger partial charge < -0.3 is 0 Å². The molecule has 1 rings (SSSR count). The maximum atomic E-state index is 2.65. The molecule has 0 amide bonds. The highest BCUT2D eigenvalue weighted by molar-refractivity contribution is 4.90. The van der Waals surface area contributed by atoms with Crippen molar-refractivity contribution in [3.63, 3.8) is 0 Å². The largest absolute Gasteiger partial charge is 0.284 e. The topological polar surface area (TPSA) is 6.48 Å². The van der Waals surface area contributed by atoms with E-state index in [9.17, 15) is 0 Å². The van der Waals surface area contributed by atoms with Crippen LogP contribution in [0.25, 0.3) is 0 Å². The molecule has 1 fully saturated rings. The SMILES string of the molecule is CCC1N(C(C)C)C[C@H](C)N1C(C)C. The zero-order chi connectivity index (χ0) is 10.9. The van der Waals surface area contributed by atoms with E-state index in [4.69, 9.17) is 0 Å². The lowest BCUT2D eigenvalue weighted by Gasteiger charge is -2.35. The lowest BCUT2D eigenvalue weighted by Crippen LogP contribution is -2.45. The molecule has 0 saturated carbocycles. The highest BCUT2D eigenvalue weighted by Gasteiger charge is 2.38. The Bertz CT molecular complexity index is 177. The highest BCUT2D eigenvalue weighted by atomic mass is 15.4. The van der Waals surface area contributed by atoms with E-state index in [1.165, 1.54) is 13.0 Å². The molecule has 14 heavy (non-hydrogen) atoms. The fourth-order valence-corrected chi connectivity index (χ4v) is 2.84. The number of nitrogens with zero attached hydrogens (tertiary/aromatic N) is 2. The summed E-state index contributed by atoms with van der Waals surface area (Å²) in [6, 6.07) is 2.05. The summed E-state index contributed by atoms with van der Waals surface area (Å²) in [5, 5.41) is 0. The molecule has 2 atom stereocenters. The van der Waals surface area contributed by atoms with Crippen LogP contribution in [-0.4, -0.2) is 40.6 Å². The molecule has 1 aliphatic heterocycles. The van der Waals surface area contributed by atoms with E-state index in [2.05, 4.69) is 51.3 Å². The van der Waals surface area contributed by atoms with Gasteiger partial charge in [-0.3, -0.25) is 9.80 Å². The van der Waals surface area contributed by atoms with E-state index < -0.39 is 0 Å². The second kappa shape index (κ2) is 4.63. The van der Waals surface area contributed by atoms with Gasteiger partial charge in [-0.2, -0.15) is 0 Å². The Morgan fingerprint density at radius 1 is 1.14 bits per heavy atom. The molecule has 0 aromatic rings. The highest BCUT2D eigenvalue weighted by Crippen LogP contribution is 2.26. The van der Waals surface area contributed by atoms with E-state index in [1.807, 2.05) is 0 Å². The lowest BCUT2D eigenvalue weighted by atomic mass is 10.2. The predicted molar refractivity (Wildman–Crippen MR) is 62.4 cm³/mol. The van der Waals surface area contributed by atoms with Crippen LogP contribution in [0.15, 0.2) is 0 Å². The molecule has 0 aromatic heterocycles. The second-order valence-corrected chi connectivity index (χ2v) is 5.07. The quantitative estimate of drug-likeness (QED) is 0.687. The third-order valence-corrected chi connectivity index (χ3v) is 3.34. The van der Waals surface area contributed by atoms with Crippen molar-refractivity contribution >= 4 is 0 Å². The van der Waals surface area contributed by atoms with E-state index >= 15 is 0 Å². The molecule has 84 valence electrons. The van der Waals surface area contributed by atoms with Crippen LogP contribution < -0.4 is 0 Å². The minimum Gasteiger partial charge on any atom is -0.284 e. The number of rotatable bonds is 3. The molecule has 1 unspecified atom stereocenters. The molecule has 0 N–H and O–H groups in total. The monoisotopic (exact) mass is 198 g/mol. The summed E-state index contributed by atoms with van der Waals surface area (Å²) in [5.74, 6) is 0. The third-order valence-electron chi connectivity index (χ3n) is 3.34. The van der Waals surface area contributed by atoms with Gasteiger partial charge in [-0.25, -0.2) is 0 Å². The average Bonchev–Trinajstić information content (AvgIpc) is 2.41. The molecule has 0 bridgehead atoms. The summed E-state index contributed by atoms with van der Waals surface area (Å²) < 4.78 is 0. The van der Waals surface area contributed by atoms with Crippen molar-refractivity contribution in [2.45, 2.75) is 72.3 Å². The molecule has 2 nitrogen and oxygen atoms in total. The summed E-state index contributed by atoms with van der Waals surface area (Å²) in [6.45, 7) is 15.1. The lowest BCUT2D eigenvalue weighted by molar-refractivity contribution is 0.0749. The molecule has 1 heterocycles. The minimum absolute atomic E-state index is 0.657. The van der Waals surface area contributed by atoms with Crippen LogP contribution in [-0.2, 0) is 0 Å². The van der Waals surface area contributed by atoms with Gasteiger partial charge in [0.2, 0.25) is 0 Å². The van der Waals surface area contributed by atoms with Crippen LogP contribution in [0.2, 0.25) is 0 Å². The van der Waals surface area contributed by atoms with Crippen molar-refractivity contribution in [2.75, 3.05) is 6.54 Å². The first-order valence-electron chi connectivity index (χ1n) is 6.02. The zero-order valence-electron chi connectivity index (χ0n) is 10.6. The van der Waals surface area contributed by atoms with E-state index in [-0.39, 0.29) is 0 Å². The Balaban J connectivity index is 2.77. The van der Waals surface area contributed by atoms with Gasteiger partial charge in [0, 0.05) is 24.7 Å². The summed E-state index contributed by atoms with van der Waals surface area (Å²) in [4.78, 5) is 5.28. The molecular weight excluding hydrogens is 172 g/mol. The third kappa shape index (κ3) is 2.12. The van der Waals surface area contributed by atoms with Crippen LogP contribution in [0, 0.1) is 0 Å². The van der Waals surface area contributed by atoms with Crippen LogP contribution >= 0.6 is 0 Å². The Kier molecular flexibility index (Phi) is 3.96. The molecular formula is C12H26N2. The summed E-state index contributed by atoms with van der Waals surface area (Å²) in [5.41, 5.74) is 0. The normalized spacial score (nSPS) is 30.9. The fraction of sp³-hybridized carbons (Fsp3) is 1.00. The van der Waals surface area contributed by atoms with Gasteiger partial charge >= 0.3 is 0 Å². The van der Waals surface area contributed by atoms with Crippen molar-refractivity contribution in [1.82, 2.24) is 9.80 Å². The number of hydrogen-bond donors (Lipinski definition) is 0. The Labute approximate surface area is 89.3 Å². The first-order chi connectivity index (χ1) is 6.49. The van der Waals surface area contributed by atoms with Crippen LogP contribution in [0.3, 0.4) is 0 Å². The summed E-state index contributed by atoms with van der Waals surface area (Å²) >= 11 is 0. The molecule has 1 aliphatic rings. The van der Waals surface area contributed by atoms with E-state index in [0.717, 1.165) is 0 Å². The molecule has 0 aromatic carbocycles. The van der Waals surface area contributed by atoms with Crippen molar-refractivity contribution in [1.29, 1.82) is 0 Å². The van der Waals surface area contributed by atoms with Crippen LogP contribution in [0.5, 0.6) is 0 Å². The van der Waals surface area contributed by atoms with Crippen molar-refractivity contribution < 1.29 is 0 Å². The summed E-state index contributed by atoms with van der Waals surface area (Å²) in [7, 11) is 0. The molecule has 1 saturated heterocycles. The van der Waals surface area contributed by atoms with Crippen molar-refractivity contribution in [2.24, 2.45) is 0 Å². The Morgan fingerprint density at radius 2 is 1.71 bits per heavy atom. The fourth-order valence-electron chi connectivity index (χ4n) is 2.84. The number of hydrogen-bond acceptors (Lipinski definition) is 2. The molecule has 0 aliphatic carbocycles. The van der Waals surface area contributed by atoms with Crippen molar-refractivity contribution in [3.05, 3.63) is 0 Å². The van der Waals surface area contributed by atoms with Gasteiger partial charge in [-0.15, -0.1) is 0 Å². The van der Waals surface area contributed by atoms with Crippen molar-refractivity contribution in [3.8, 4) is 0 Å². The van der Waals surface area contributed by atoms with Gasteiger partial charge in [0.1, 0.15) is 0 Å². The van der Waals surface area contributed by atoms with Gasteiger partial charge in [0.25, 0.3) is 0 Å². The van der Waals surface area contributed by atoms with Gasteiger partial charge in [-0.1, -0.05) is 6.92 Å². The second-order valence-electron chi connectivity index (χ2n) is 5.07. The molecule has 2 heteroatoms. The van der Waals surface area contributed by atoms with E-state index in [1.54, 1.807) is 0 Å². The van der Waals surface area contributed by atoms with Gasteiger partial charge in [0.05, 0.1) is 6.17 Å².